The van der Waals surface area contributed by atoms with Crippen molar-refractivity contribution in [1.29, 1.82) is 0 Å². The second kappa shape index (κ2) is 8.81. The molecule has 0 aliphatic carbocycles. The Labute approximate surface area is 172 Å². The highest BCUT2D eigenvalue weighted by molar-refractivity contribution is 5.98. The minimum atomic E-state index is -0.250. The number of carboxylic acid groups (broad SMARTS) is 1. The largest absolute Gasteiger partial charge is 0.483 e. The molecule has 1 spiro atoms. The van der Waals surface area contributed by atoms with Gasteiger partial charge in [-0.2, -0.15) is 0 Å². The standard InChI is InChI=1S/C20H33N3O3.CH2O2/c1-18(2)10-14(11-19(3,4)22-18)9-17(26)23-7-5-20(6-8-23)12-15(24)21-16(25)13-20;2-1-3/h14,22H,5-13H2,1-4H3,(H,21,24,25);1H,(H,2,3). The van der Waals surface area contributed by atoms with Crippen molar-refractivity contribution in [2.45, 2.75) is 83.7 Å². The van der Waals surface area contributed by atoms with Crippen LogP contribution in [0, 0.1) is 11.3 Å². The molecule has 29 heavy (non-hydrogen) atoms. The van der Waals surface area contributed by atoms with Crippen LogP contribution in [0.25, 0.3) is 0 Å². The first-order chi connectivity index (χ1) is 13.4. The summed E-state index contributed by atoms with van der Waals surface area (Å²) in [6, 6.07) is 0. The van der Waals surface area contributed by atoms with Crippen LogP contribution in [0.4, 0.5) is 0 Å². The Bertz CT molecular complexity index is 617. The van der Waals surface area contributed by atoms with Gasteiger partial charge in [-0.05, 0) is 64.7 Å². The zero-order valence-corrected chi connectivity index (χ0v) is 18.0. The van der Waals surface area contributed by atoms with E-state index in [2.05, 4.69) is 38.3 Å². The minimum Gasteiger partial charge on any atom is -0.483 e. The van der Waals surface area contributed by atoms with Crippen LogP contribution in [-0.4, -0.2) is 58.4 Å². The summed E-state index contributed by atoms with van der Waals surface area (Å²) in [5, 5.41) is 12.9. The average Bonchev–Trinajstić information content (AvgIpc) is 2.51. The molecule has 3 heterocycles. The molecule has 0 saturated carbocycles. The van der Waals surface area contributed by atoms with Crippen molar-refractivity contribution < 1.29 is 24.3 Å². The maximum atomic E-state index is 12.8. The summed E-state index contributed by atoms with van der Waals surface area (Å²) in [7, 11) is 0. The lowest BCUT2D eigenvalue weighted by molar-refractivity contribution is -0.141. The number of piperidine rings is 3. The second-order valence-corrected chi connectivity index (χ2v) is 10.2. The molecule has 3 N–H and O–H groups in total. The van der Waals surface area contributed by atoms with Crippen molar-refractivity contribution in [3.63, 3.8) is 0 Å². The van der Waals surface area contributed by atoms with Crippen molar-refractivity contribution in [2.24, 2.45) is 11.3 Å². The number of likely N-dealkylation sites (tertiary alicyclic amines) is 1. The summed E-state index contributed by atoms with van der Waals surface area (Å²) in [5.41, 5.74) is -0.127. The number of hydrogen-bond donors (Lipinski definition) is 3. The highest BCUT2D eigenvalue weighted by Gasteiger charge is 2.43. The molecule has 0 aromatic heterocycles. The monoisotopic (exact) mass is 409 g/mol. The summed E-state index contributed by atoms with van der Waals surface area (Å²) in [5.74, 6) is 0.289. The predicted molar refractivity (Wildman–Crippen MR) is 108 cm³/mol. The molecule has 8 heteroatoms. The number of imide groups is 1. The average molecular weight is 410 g/mol. The highest BCUT2D eigenvalue weighted by Crippen LogP contribution is 2.41. The van der Waals surface area contributed by atoms with Gasteiger partial charge >= 0.3 is 0 Å². The van der Waals surface area contributed by atoms with Gasteiger partial charge < -0.3 is 15.3 Å². The van der Waals surface area contributed by atoms with Crippen LogP contribution in [0.15, 0.2) is 0 Å². The zero-order valence-electron chi connectivity index (χ0n) is 18.0. The Kier molecular flexibility index (Phi) is 7.09. The molecule has 0 atom stereocenters. The summed E-state index contributed by atoms with van der Waals surface area (Å²) >= 11 is 0. The van der Waals surface area contributed by atoms with E-state index < -0.39 is 0 Å². The molecule has 0 bridgehead atoms. The smallest absolute Gasteiger partial charge is 0.290 e. The maximum absolute atomic E-state index is 12.8. The van der Waals surface area contributed by atoms with E-state index in [4.69, 9.17) is 9.90 Å². The van der Waals surface area contributed by atoms with Crippen LogP contribution in [0.2, 0.25) is 0 Å². The SMILES string of the molecule is CC1(C)CC(CC(=O)N2CCC3(CC2)CC(=O)NC(=O)C3)CC(C)(C)N1.O=CO. The Balaban J connectivity index is 0.000000941. The van der Waals surface area contributed by atoms with Crippen LogP contribution in [0.5, 0.6) is 0 Å². The lowest BCUT2D eigenvalue weighted by atomic mass is 9.71. The van der Waals surface area contributed by atoms with Crippen LogP contribution in [-0.2, 0) is 19.2 Å². The highest BCUT2D eigenvalue weighted by atomic mass is 16.3. The first-order valence-corrected chi connectivity index (χ1v) is 10.4. The molecule has 3 aliphatic heterocycles. The van der Waals surface area contributed by atoms with Gasteiger partial charge in [0.2, 0.25) is 17.7 Å². The van der Waals surface area contributed by atoms with Crippen LogP contribution in [0.1, 0.15) is 72.6 Å². The number of amides is 3. The zero-order chi connectivity index (χ0) is 21.9. The first kappa shape index (κ1) is 23.3. The van der Waals surface area contributed by atoms with E-state index in [1.807, 2.05) is 4.90 Å². The predicted octanol–water partition coefficient (Wildman–Crippen LogP) is 1.68. The van der Waals surface area contributed by atoms with E-state index in [1.165, 1.54) is 0 Å². The van der Waals surface area contributed by atoms with Gasteiger partial charge in [-0.3, -0.25) is 24.5 Å². The second-order valence-electron chi connectivity index (χ2n) is 10.2. The quantitative estimate of drug-likeness (QED) is 0.472. The molecule has 3 amide bonds. The summed E-state index contributed by atoms with van der Waals surface area (Å²) in [4.78, 5) is 46.6. The van der Waals surface area contributed by atoms with Gasteiger partial charge in [-0.25, -0.2) is 0 Å². The van der Waals surface area contributed by atoms with E-state index in [9.17, 15) is 14.4 Å². The summed E-state index contributed by atoms with van der Waals surface area (Å²) in [6.07, 6.45) is 4.95. The number of hydrogen-bond acceptors (Lipinski definition) is 5. The lowest BCUT2D eigenvalue weighted by Gasteiger charge is -2.47. The Morgan fingerprint density at radius 1 is 1.07 bits per heavy atom. The third kappa shape index (κ3) is 6.52. The summed E-state index contributed by atoms with van der Waals surface area (Å²) < 4.78 is 0. The van der Waals surface area contributed by atoms with Crippen molar-refractivity contribution in [1.82, 2.24) is 15.5 Å². The molecule has 164 valence electrons. The normalized spacial score (nSPS) is 25.6. The van der Waals surface area contributed by atoms with E-state index in [1.54, 1.807) is 0 Å². The fourth-order valence-electron chi connectivity index (χ4n) is 5.63. The molecule has 0 aromatic rings. The van der Waals surface area contributed by atoms with Gasteiger partial charge in [0.05, 0.1) is 0 Å². The van der Waals surface area contributed by atoms with E-state index in [0.29, 0.717) is 38.3 Å². The van der Waals surface area contributed by atoms with Crippen molar-refractivity contribution in [2.75, 3.05) is 13.1 Å². The third-order valence-corrected chi connectivity index (χ3v) is 6.26. The van der Waals surface area contributed by atoms with Gasteiger partial charge in [0, 0.05) is 43.4 Å². The van der Waals surface area contributed by atoms with Crippen molar-refractivity contribution >= 4 is 24.2 Å². The minimum absolute atomic E-state index is 0.0501. The van der Waals surface area contributed by atoms with Crippen molar-refractivity contribution in [3.05, 3.63) is 0 Å². The molecule has 0 radical (unpaired) electrons. The molecular weight excluding hydrogens is 374 g/mol. The van der Waals surface area contributed by atoms with Gasteiger partial charge in [0.25, 0.3) is 6.47 Å². The maximum Gasteiger partial charge on any atom is 0.290 e. The number of nitrogens with zero attached hydrogens (tertiary/aromatic N) is 1. The number of rotatable bonds is 2. The van der Waals surface area contributed by atoms with E-state index >= 15 is 0 Å². The number of nitrogens with one attached hydrogen (secondary N) is 2. The number of carbonyl (C=O) groups excluding carboxylic acids is 3. The first-order valence-electron chi connectivity index (χ1n) is 10.4. The van der Waals surface area contributed by atoms with Crippen molar-refractivity contribution in [3.8, 4) is 0 Å². The van der Waals surface area contributed by atoms with Gasteiger partial charge in [-0.15, -0.1) is 0 Å². The van der Waals surface area contributed by atoms with Crippen LogP contribution >= 0.6 is 0 Å². The molecule has 3 aliphatic rings. The molecule has 8 nitrogen and oxygen atoms in total. The van der Waals surface area contributed by atoms with Gasteiger partial charge in [0.15, 0.2) is 0 Å². The number of carbonyl (C=O) groups is 4. The fraction of sp³-hybridized carbons (Fsp3) is 0.810. The topological polar surface area (TPSA) is 116 Å². The Morgan fingerprint density at radius 2 is 1.52 bits per heavy atom. The van der Waals surface area contributed by atoms with Gasteiger partial charge in [-0.1, -0.05) is 0 Å². The Morgan fingerprint density at radius 3 is 1.97 bits per heavy atom. The fourth-order valence-corrected chi connectivity index (χ4v) is 5.63. The molecule has 3 rings (SSSR count). The van der Waals surface area contributed by atoms with E-state index in [0.717, 1.165) is 25.7 Å². The third-order valence-electron chi connectivity index (χ3n) is 6.26. The lowest BCUT2D eigenvalue weighted by Crippen LogP contribution is -2.58. The van der Waals surface area contributed by atoms with Gasteiger partial charge in [0.1, 0.15) is 0 Å². The molecule has 0 unspecified atom stereocenters. The Hall–Kier alpha value is -1.96. The molecule has 0 aromatic carbocycles. The molecule has 3 fully saturated rings. The molecular formula is C21H35N3O5. The summed E-state index contributed by atoms with van der Waals surface area (Å²) in [6.45, 7) is 9.92. The van der Waals surface area contributed by atoms with Crippen LogP contribution < -0.4 is 10.6 Å². The van der Waals surface area contributed by atoms with E-state index in [-0.39, 0.29) is 40.7 Å². The van der Waals surface area contributed by atoms with Crippen LogP contribution in [0.3, 0.4) is 0 Å². The molecule has 3 saturated heterocycles.